The van der Waals surface area contributed by atoms with Gasteiger partial charge in [-0.1, -0.05) is 19.3 Å². The molecule has 2 aliphatic carbocycles. The molecule has 0 heterocycles. The Balaban J connectivity index is 1.79. The third-order valence-electron chi connectivity index (χ3n) is 3.76. The number of methoxy groups -OCH3 is 1. The maximum absolute atomic E-state index is 6.05. The fourth-order valence-corrected chi connectivity index (χ4v) is 2.55. The summed E-state index contributed by atoms with van der Waals surface area (Å²) in [4.78, 5) is 4.62. The molecular weight excluding hydrogens is 188 g/mol. The zero-order chi connectivity index (χ0) is 10.7. The molecular formula is C12H22N2O. The van der Waals surface area contributed by atoms with E-state index in [-0.39, 0.29) is 0 Å². The summed E-state index contributed by atoms with van der Waals surface area (Å²) in [5, 5.41) is 0. The second-order valence-electron chi connectivity index (χ2n) is 4.87. The topological polar surface area (TPSA) is 47.6 Å². The van der Waals surface area contributed by atoms with Crippen LogP contribution in [0.15, 0.2) is 4.99 Å². The first-order chi connectivity index (χ1) is 7.29. The normalized spacial score (nSPS) is 33.8. The summed E-state index contributed by atoms with van der Waals surface area (Å²) in [5.74, 6) is 1.48. The molecule has 2 aliphatic rings. The van der Waals surface area contributed by atoms with Gasteiger partial charge >= 0.3 is 0 Å². The van der Waals surface area contributed by atoms with E-state index in [4.69, 9.17) is 10.5 Å². The fraction of sp³-hybridized carbons (Fsp3) is 0.917. The van der Waals surface area contributed by atoms with Gasteiger partial charge in [-0.3, -0.25) is 4.99 Å². The third-order valence-corrected chi connectivity index (χ3v) is 3.76. The van der Waals surface area contributed by atoms with Gasteiger partial charge in [0.25, 0.3) is 0 Å². The number of aliphatic imine (C=N–C) groups is 1. The zero-order valence-electron chi connectivity index (χ0n) is 9.61. The molecule has 0 saturated heterocycles. The summed E-state index contributed by atoms with van der Waals surface area (Å²) < 4.78 is 5.23. The lowest BCUT2D eigenvalue weighted by Crippen LogP contribution is -2.36. The summed E-state index contributed by atoms with van der Waals surface area (Å²) in [6.07, 6.45) is 9.06. The number of amidine groups is 1. The van der Waals surface area contributed by atoms with E-state index in [1.54, 1.807) is 7.11 Å². The Hall–Kier alpha value is -0.570. The molecule has 0 unspecified atom stereocenters. The van der Waals surface area contributed by atoms with Crippen LogP contribution in [0.5, 0.6) is 0 Å². The van der Waals surface area contributed by atoms with E-state index in [1.165, 1.54) is 32.1 Å². The van der Waals surface area contributed by atoms with Crippen LogP contribution < -0.4 is 5.73 Å². The molecule has 86 valence electrons. The highest BCUT2D eigenvalue weighted by molar-refractivity contribution is 5.83. The van der Waals surface area contributed by atoms with Crippen molar-refractivity contribution in [3.8, 4) is 0 Å². The fourth-order valence-electron chi connectivity index (χ4n) is 2.55. The van der Waals surface area contributed by atoms with Gasteiger partial charge in [0.2, 0.25) is 0 Å². The molecule has 0 spiro atoms. The predicted octanol–water partition coefficient (Wildman–Crippen LogP) is 2.10. The van der Waals surface area contributed by atoms with Crippen LogP contribution in [-0.2, 0) is 4.74 Å². The Morgan fingerprint density at radius 2 is 1.87 bits per heavy atom. The predicted molar refractivity (Wildman–Crippen MR) is 62.0 cm³/mol. The number of hydrogen-bond acceptors (Lipinski definition) is 2. The van der Waals surface area contributed by atoms with Gasteiger partial charge in [0.05, 0.1) is 18.0 Å². The highest BCUT2D eigenvalue weighted by Gasteiger charge is 2.29. The average Bonchev–Trinajstić information content (AvgIpc) is 2.23. The number of nitrogens with two attached hydrogens (primary N) is 1. The van der Waals surface area contributed by atoms with Gasteiger partial charge in [0.1, 0.15) is 0 Å². The van der Waals surface area contributed by atoms with Crippen LogP contribution in [0.1, 0.15) is 44.9 Å². The van der Waals surface area contributed by atoms with Crippen LogP contribution in [0.3, 0.4) is 0 Å². The van der Waals surface area contributed by atoms with Crippen LogP contribution >= 0.6 is 0 Å². The number of ether oxygens (including phenoxy) is 1. The van der Waals surface area contributed by atoms with Gasteiger partial charge in [-0.05, 0) is 25.7 Å². The van der Waals surface area contributed by atoms with Crippen molar-refractivity contribution in [2.45, 2.75) is 57.1 Å². The summed E-state index contributed by atoms with van der Waals surface area (Å²) in [7, 11) is 1.77. The Morgan fingerprint density at radius 3 is 2.47 bits per heavy atom. The summed E-state index contributed by atoms with van der Waals surface area (Å²) in [5.41, 5.74) is 6.05. The number of hydrogen-bond donors (Lipinski definition) is 1. The van der Waals surface area contributed by atoms with E-state index >= 15 is 0 Å². The molecule has 2 rings (SSSR count). The van der Waals surface area contributed by atoms with E-state index in [2.05, 4.69) is 4.99 Å². The minimum atomic E-state index is 0.429. The molecule has 2 saturated carbocycles. The Bertz CT molecular complexity index is 228. The van der Waals surface area contributed by atoms with Crippen molar-refractivity contribution in [1.29, 1.82) is 0 Å². The second-order valence-corrected chi connectivity index (χ2v) is 4.87. The van der Waals surface area contributed by atoms with E-state index < -0.39 is 0 Å². The molecule has 0 aromatic heterocycles. The molecule has 0 aliphatic heterocycles. The first-order valence-corrected chi connectivity index (χ1v) is 6.15. The molecule has 3 heteroatoms. The van der Waals surface area contributed by atoms with Crippen molar-refractivity contribution >= 4 is 5.84 Å². The van der Waals surface area contributed by atoms with Gasteiger partial charge in [-0.15, -0.1) is 0 Å². The van der Waals surface area contributed by atoms with Gasteiger partial charge in [0, 0.05) is 13.0 Å². The zero-order valence-corrected chi connectivity index (χ0v) is 9.61. The van der Waals surface area contributed by atoms with Crippen molar-refractivity contribution in [1.82, 2.24) is 0 Å². The highest BCUT2D eigenvalue weighted by atomic mass is 16.5. The Kier molecular flexibility index (Phi) is 3.62. The first-order valence-electron chi connectivity index (χ1n) is 6.15. The maximum Gasteiger partial charge on any atom is 0.0971 e. The molecule has 2 fully saturated rings. The maximum atomic E-state index is 6.05. The lowest BCUT2D eigenvalue weighted by Gasteiger charge is -2.32. The van der Waals surface area contributed by atoms with Crippen LogP contribution in [0.2, 0.25) is 0 Å². The molecule has 0 amide bonds. The molecule has 0 radical (unpaired) electrons. The second kappa shape index (κ2) is 4.97. The summed E-state index contributed by atoms with van der Waals surface area (Å²) >= 11 is 0. The van der Waals surface area contributed by atoms with Crippen LogP contribution in [0, 0.1) is 5.92 Å². The van der Waals surface area contributed by atoms with Crippen molar-refractivity contribution in [3.63, 3.8) is 0 Å². The van der Waals surface area contributed by atoms with E-state index in [1.807, 2.05) is 0 Å². The lowest BCUT2D eigenvalue weighted by molar-refractivity contribution is 0.0283. The van der Waals surface area contributed by atoms with Gasteiger partial charge in [-0.2, -0.15) is 0 Å². The largest absolute Gasteiger partial charge is 0.387 e. The van der Waals surface area contributed by atoms with Crippen LogP contribution in [0.4, 0.5) is 0 Å². The molecule has 0 aromatic carbocycles. The molecule has 0 bridgehead atoms. The quantitative estimate of drug-likeness (QED) is 0.573. The standard InChI is InChI=1S/C12H22N2O/c1-15-11-7-10(8-11)14-12(13)9-5-3-2-4-6-9/h9-11H,2-8H2,1H3,(H2,13,14). The SMILES string of the molecule is COC1CC(N=C(N)C2CCCCC2)C1. The van der Waals surface area contributed by atoms with Crippen molar-refractivity contribution < 1.29 is 4.74 Å². The molecule has 15 heavy (non-hydrogen) atoms. The Labute approximate surface area is 92.1 Å². The number of rotatable bonds is 3. The molecule has 0 aromatic rings. The lowest BCUT2D eigenvalue weighted by atomic mass is 9.87. The van der Waals surface area contributed by atoms with Crippen LogP contribution in [0.25, 0.3) is 0 Å². The van der Waals surface area contributed by atoms with Gasteiger partial charge in [0.15, 0.2) is 0 Å². The third kappa shape index (κ3) is 2.71. The molecule has 2 N–H and O–H groups in total. The van der Waals surface area contributed by atoms with E-state index in [9.17, 15) is 0 Å². The van der Waals surface area contributed by atoms with Gasteiger partial charge in [-0.25, -0.2) is 0 Å². The Morgan fingerprint density at radius 1 is 1.20 bits per heavy atom. The molecule has 0 atom stereocenters. The summed E-state index contributed by atoms with van der Waals surface area (Å²) in [6.45, 7) is 0. The average molecular weight is 210 g/mol. The van der Waals surface area contributed by atoms with E-state index in [0.29, 0.717) is 18.1 Å². The first kappa shape index (κ1) is 10.9. The highest BCUT2D eigenvalue weighted by Crippen LogP contribution is 2.28. The molecule has 3 nitrogen and oxygen atoms in total. The smallest absolute Gasteiger partial charge is 0.0971 e. The van der Waals surface area contributed by atoms with Crippen LogP contribution in [-0.4, -0.2) is 25.1 Å². The van der Waals surface area contributed by atoms with Crippen molar-refractivity contribution in [3.05, 3.63) is 0 Å². The van der Waals surface area contributed by atoms with Crippen molar-refractivity contribution in [2.75, 3.05) is 7.11 Å². The minimum absolute atomic E-state index is 0.429. The number of nitrogens with zero attached hydrogens (tertiary/aromatic N) is 1. The van der Waals surface area contributed by atoms with Crippen molar-refractivity contribution in [2.24, 2.45) is 16.6 Å². The monoisotopic (exact) mass is 210 g/mol. The summed E-state index contributed by atoms with van der Waals surface area (Å²) in [6, 6.07) is 0.442. The van der Waals surface area contributed by atoms with E-state index in [0.717, 1.165) is 18.7 Å². The van der Waals surface area contributed by atoms with Gasteiger partial charge < -0.3 is 10.5 Å². The minimum Gasteiger partial charge on any atom is -0.387 e.